The first-order chi connectivity index (χ1) is 30.1. The van der Waals surface area contributed by atoms with Crippen LogP contribution in [0, 0.1) is 18.4 Å². The zero-order valence-corrected chi connectivity index (χ0v) is 35.7. The third-order valence-corrected chi connectivity index (χ3v) is 14.3. The Kier molecular flexibility index (Phi) is 12.2. The minimum absolute atomic E-state index is 0.00747. The van der Waals surface area contributed by atoms with E-state index in [1.54, 1.807) is 18.2 Å². The molecule has 0 radical (unpaired) electrons. The number of fused-ring (bicyclic) bond motifs is 1. The number of carbonyl (C=O) groups is 5. The highest BCUT2D eigenvalue weighted by atomic mass is 35.5. The average molecular weight is 861 g/mol. The molecule has 16 heteroatoms. The Bertz CT molecular complexity index is 2250. The maximum Gasteiger partial charge on any atom is 0.262 e. The Morgan fingerprint density at radius 1 is 0.742 bits per heavy atom. The summed E-state index contributed by atoms with van der Waals surface area (Å²) >= 11 is 6.25. The van der Waals surface area contributed by atoms with E-state index in [9.17, 15) is 24.0 Å². The molecule has 5 amide bonds. The van der Waals surface area contributed by atoms with E-state index in [1.807, 2.05) is 30.5 Å². The molecule has 2 N–H and O–H groups in total. The number of carbonyl (C=O) groups excluding carboxylic acids is 5. The number of piperazine rings is 1. The van der Waals surface area contributed by atoms with E-state index in [0.717, 1.165) is 132 Å². The largest absolute Gasteiger partial charge is 0.372 e. The molecule has 6 aliphatic rings. The maximum absolute atomic E-state index is 13.4. The molecule has 0 spiro atoms. The van der Waals surface area contributed by atoms with E-state index in [0.29, 0.717) is 39.6 Å². The summed E-state index contributed by atoms with van der Waals surface area (Å²) in [6, 6.07) is 14.5. The van der Waals surface area contributed by atoms with Gasteiger partial charge in [0.25, 0.3) is 11.8 Å². The van der Waals surface area contributed by atoms with Crippen molar-refractivity contribution in [2.24, 2.45) is 11.8 Å². The van der Waals surface area contributed by atoms with Crippen LogP contribution in [0.1, 0.15) is 72.1 Å². The fraction of sp³-hybridized carbons (Fsp3) is 0.500. The van der Waals surface area contributed by atoms with E-state index in [4.69, 9.17) is 18.2 Å². The van der Waals surface area contributed by atoms with Gasteiger partial charge < -0.3 is 24.9 Å². The van der Waals surface area contributed by atoms with Crippen molar-refractivity contribution in [1.29, 1.82) is 0 Å². The number of halogens is 1. The van der Waals surface area contributed by atoms with Crippen molar-refractivity contribution in [3.63, 3.8) is 0 Å². The molecule has 9 rings (SSSR count). The molecule has 0 saturated carbocycles. The number of hydrogen-bond donors (Lipinski definition) is 2. The summed E-state index contributed by atoms with van der Waals surface area (Å²) in [5, 5.41) is 5.75. The Labute approximate surface area is 367 Å². The molecule has 62 heavy (non-hydrogen) atoms. The van der Waals surface area contributed by atoms with Crippen LogP contribution >= 0.6 is 11.6 Å². The quantitative estimate of drug-likeness (QED) is 0.221. The Balaban J connectivity index is 0.674. The second-order valence-electron chi connectivity index (χ2n) is 17.6. The summed E-state index contributed by atoms with van der Waals surface area (Å²) in [4.78, 5) is 85.0. The van der Waals surface area contributed by atoms with Crippen LogP contribution in [-0.4, -0.2) is 133 Å². The van der Waals surface area contributed by atoms with Crippen LogP contribution < -0.4 is 25.3 Å². The molecular formula is C46H53ClN10O5. The normalized spacial score (nSPS) is 22.5. The predicted octanol–water partition coefficient (Wildman–Crippen LogP) is 5.05. The monoisotopic (exact) mass is 860 g/mol. The molecule has 5 fully saturated rings. The van der Waals surface area contributed by atoms with Gasteiger partial charge in [-0.15, -0.1) is 0 Å². The SMILES string of the molecule is [C-]#[N+]c1ccc(N2CCC(C(=O)Nc3ccc(N4CCC(CN5CCN(C6CCN(c7ccc8c(c7)C(=O)N(C7CCC(=O)NC7=O)C8=O)CC6)CC5)CC4)cn3)CC2)cc1Cl. The summed E-state index contributed by atoms with van der Waals surface area (Å²) in [5.74, 6) is -0.746. The third-order valence-electron chi connectivity index (χ3n) is 14.0. The number of nitrogens with one attached hydrogen (secondary N) is 2. The van der Waals surface area contributed by atoms with Gasteiger partial charge in [-0.3, -0.25) is 39.1 Å². The molecule has 15 nitrogen and oxygen atoms in total. The summed E-state index contributed by atoms with van der Waals surface area (Å²) in [6.07, 6.45) is 7.96. The Hall–Kier alpha value is -5.56. The van der Waals surface area contributed by atoms with E-state index >= 15 is 0 Å². The van der Waals surface area contributed by atoms with E-state index in [1.165, 1.54) is 0 Å². The molecule has 2 aromatic carbocycles. The molecule has 1 unspecified atom stereocenters. The van der Waals surface area contributed by atoms with Gasteiger partial charge in [-0.1, -0.05) is 17.7 Å². The highest BCUT2D eigenvalue weighted by molar-refractivity contribution is 6.33. The Morgan fingerprint density at radius 2 is 1.37 bits per heavy atom. The van der Waals surface area contributed by atoms with E-state index < -0.39 is 23.8 Å². The van der Waals surface area contributed by atoms with Crippen LogP contribution in [0.15, 0.2) is 54.7 Å². The molecule has 3 aromatic rings. The van der Waals surface area contributed by atoms with Crippen molar-refractivity contribution >= 4 is 69.7 Å². The van der Waals surface area contributed by atoms with Gasteiger partial charge >= 0.3 is 0 Å². The first kappa shape index (κ1) is 41.8. The van der Waals surface area contributed by atoms with E-state index in [-0.39, 0.29) is 30.6 Å². The van der Waals surface area contributed by atoms with Gasteiger partial charge in [-0.05, 0) is 93.3 Å². The van der Waals surface area contributed by atoms with Crippen molar-refractivity contribution in [1.82, 2.24) is 25.0 Å². The Morgan fingerprint density at radius 3 is 2.03 bits per heavy atom. The zero-order chi connectivity index (χ0) is 42.9. The number of amides is 5. The number of nitrogens with zero attached hydrogens (tertiary/aromatic N) is 8. The maximum atomic E-state index is 13.4. The van der Waals surface area contributed by atoms with Gasteiger partial charge in [0.15, 0.2) is 0 Å². The summed E-state index contributed by atoms with van der Waals surface area (Å²) in [7, 11) is 0. The number of piperidine rings is 4. The molecule has 0 bridgehead atoms. The first-order valence-electron chi connectivity index (χ1n) is 22.1. The van der Waals surface area contributed by atoms with Crippen LogP contribution in [0.3, 0.4) is 0 Å². The number of rotatable bonds is 9. The van der Waals surface area contributed by atoms with Crippen molar-refractivity contribution < 1.29 is 24.0 Å². The molecule has 6 aliphatic heterocycles. The second kappa shape index (κ2) is 18.0. The van der Waals surface area contributed by atoms with Crippen molar-refractivity contribution in [3.8, 4) is 0 Å². The minimum Gasteiger partial charge on any atom is -0.372 e. The van der Waals surface area contributed by atoms with Crippen LogP contribution in [0.25, 0.3) is 4.85 Å². The standard InChI is InChI=1S/C46H53ClN10O5/c1-48-39-6-3-34(27-38(39)47)53-18-12-31(13-19-53)43(59)50-41-8-4-35(28-49-41)55-16-10-30(11-17-55)29-52-22-24-56(25-23-52)32-14-20-54(21-15-32)33-2-5-36-37(26-33)46(62)57(45(36)61)40-7-9-42(58)51-44(40)60/h2-6,8,26-28,30-32,40H,7,9-25,29H2,(H,49,50,59)(H,51,58,60). The minimum atomic E-state index is -0.962. The van der Waals surface area contributed by atoms with Crippen LogP contribution in [0.4, 0.5) is 28.6 Å². The second-order valence-corrected chi connectivity index (χ2v) is 18.0. The van der Waals surface area contributed by atoms with Crippen LogP contribution in [0.5, 0.6) is 0 Å². The lowest BCUT2D eigenvalue weighted by molar-refractivity contribution is -0.136. The van der Waals surface area contributed by atoms with Gasteiger partial charge in [-0.2, -0.15) is 0 Å². The van der Waals surface area contributed by atoms with Crippen molar-refractivity contribution in [3.05, 3.63) is 82.3 Å². The fourth-order valence-electron chi connectivity index (χ4n) is 10.3. The fourth-order valence-corrected chi connectivity index (χ4v) is 10.5. The smallest absolute Gasteiger partial charge is 0.262 e. The highest BCUT2D eigenvalue weighted by Crippen LogP contribution is 2.34. The molecular weight excluding hydrogens is 808 g/mol. The van der Waals surface area contributed by atoms with Gasteiger partial charge in [0.05, 0.1) is 29.6 Å². The average Bonchev–Trinajstić information content (AvgIpc) is 3.54. The van der Waals surface area contributed by atoms with E-state index in [2.05, 4.69) is 51.0 Å². The lowest BCUT2D eigenvalue weighted by Crippen LogP contribution is -2.54. The van der Waals surface area contributed by atoms with Gasteiger partial charge in [-0.25, -0.2) is 9.83 Å². The van der Waals surface area contributed by atoms with Gasteiger partial charge in [0.2, 0.25) is 23.4 Å². The summed E-state index contributed by atoms with van der Waals surface area (Å²) in [5.41, 5.74) is 4.07. The molecule has 1 atom stereocenters. The summed E-state index contributed by atoms with van der Waals surface area (Å²) < 4.78 is 0. The zero-order valence-electron chi connectivity index (χ0n) is 34.9. The van der Waals surface area contributed by atoms with Gasteiger partial charge in [0, 0.05) is 107 Å². The van der Waals surface area contributed by atoms with Crippen LogP contribution in [-0.2, 0) is 14.4 Å². The molecule has 324 valence electrons. The van der Waals surface area contributed by atoms with Crippen LogP contribution in [0.2, 0.25) is 5.02 Å². The molecule has 7 heterocycles. The van der Waals surface area contributed by atoms with Crippen molar-refractivity contribution in [2.45, 2.75) is 63.5 Å². The third kappa shape index (κ3) is 8.73. The number of pyridine rings is 1. The number of benzene rings is 2. The predicted molar refractivity (Wildman–Crippen MR) is 237 cm³/mol. The lowest BCUT2D eigenvalue weighted by atomic mass is 9.95. The molecule has 5 saturated heterocycles. The van der Waals surface area contributed by atoms with Crippen molar-refractivity contribution in [2.75, 3.05) is 92.0 Å². The number of imide groups is 2. The molecule has 0 aliphatic carbocycles. The number of hydrogen-bond acceptors (Lipinski definition) is 11. The highest BCUT2D eigenvalue weighted by Gasteiger charge is 2.45. The first-order valence-corrected chi connectivity index (χ1v) is 22.5. The number of aromatic nitrogens is 1. The summed E-state index contributed by atoms with van der Waals surface area (Å²) in [6.45, 7) is 17.9. The van der Waals surface area contributed by atoms with Gasteiger partial charge in [0.1, 0.15) is 11.9 Å². The molecule has 1 aromatic heterocycles. The lowest BCUT2D eigenvalue weighted by Gasteiger charge is -2.44. The topological polar surface area (TPSA) is 146 Å². The number of anilines is 4.